The van der Waals surface area contributed by atoms with Crippen LogP contribution in [0, 0.1) is 6.92 Å². The van der Waals surface area contributed by atoms with Crippen molar-refractivity contribution in [3.8, 4) is 0 Å². The Morgan fingerprint density at radius 1 is 1.42 bits per heavy atom. The Labute approximate surface area is 75.0 Å². The largest absolute Gasteiger partial charge is 0.324 e. The first-order valence-corrected chi connectivity index (χ1v) is 4.63. The summed E-state index contributed by atoms with van der Waals surface area (Å²) in [6.07, 6.45) is 0. The molecule has 0 fully saturated rings. The highest BCUT2D eigenvalue weighted by Crippen LogP contribution is 2.27. The van der Waals surface area contributed by atoms with E-state index in [2.05, 4.69) is 29.9 Å². The van der Waals surface area contributed by atoms with Crippen LogP contribution in [0.3, 0.4) is 0 Å². The average Bonchev–Trinajstić information content (AvgIpc) is 2.47. The van der Waals surface area contributed by atoms with Crippen LogP contribution in [0.25, 0.3) is 10.1 Å². The van der Waals surface area contributed by atoms with E-state index in [1.165, 1.54) is 15.6 Å². The summed E-state index contributed by atoms with van der Waals surface area (Å²) in [4.78, 5) is 0. The van der Waals surface area contributed by atoms with Gasteiger partial charge in [-0.05, 0) is 41.5 Å². The summed E-state index contributed by atoms with van der Waals surface area (Å²) in [5.41, 5.74) is 4.91. The molecule has 1 heterocycles. The zero-order valence-electron chi connectivity index (χ0n) is 6.79. The van der Waals surface area contributed by atoms with Gasteiger partial charge in [0.1, 0.15) is 0 Å². The van der Waals surface area contributed by atoms with E-state index >= 15 is 0 Å². The van der Waals surface area contributed by atoms with Gasteiger partial charge in [0, 0.05) is 10.4 Å². The van der Waals surface area contributed by atoms with Crippen LogP contribution in [-0.2, 0) is 0 Å². The van der Waals surface area contributed by atoms with Crippen LogP contribution >= 0.6 is 11.3 Å². The number of rotatable bonds is 1. The minimum atomic E-state index is 0.962. The molecule has 0 saturated carbocycles. The third-order valence-electron chi connectivity index (χ3n) is 1.93. The molecule has 3 N–H and O–H groups in total. The maximum Gasteiger partial charge on any atom is 0.0492 e. The molecule has 0 aliphatic rings. The van der Waals surface area contributed by atoms with Crippen molar-refractivity contribution >= 4 is 27.1 Å². The molecule has 0 unspecified atom stereocenters. The van der Waals surface area contributed by atoms with E-state index in [1.807, 2.05) is 6.07 Å². The zero-order valence-corrected chi connectivity index (χ0v) is 7.61. The van der Waals surface area contributed by atoms with Gasteiger partial charge in [0.2, 0.25) is 0 Å². The summed E-state index contributed by atoms with van der Waals surface area (Å²) >= 11 is 1.76. The Kier molecular flexibility index (Phi) is 1.75. The van der Waals surface area contributed by atoms with Gasteiger partial charge in [-0.1, -0.05) is 0 Å². The number of hydrogen-bond donors (Lipinski definition) is 2. The van der Waals surface area contributed by atoms with E-state index in [0.29, 0.717) is 0 Å². The molecule has 0 aliphatic heterocycles. The van der Waals surface area contributed by atoms with Gasteiger partial charge in [-0.2, -0.15) is 0 Å². The molecule has 3 heteroatoms. The van der Waals surface area contributed by atoms with Crippen molar-refractivity contribution in [2.24, 2.45) is 5.84 Å². The highest BCUT2D eigenvalue weighted by molar-refractivity contribution is 7.17. The van der Waals surface area contributed by atoms with Crippen molar-refractivity contribution < 1.29 is 0 Å². The molecule has 2 rings (SSSR count). The fourth-order valence-electron chi connectivity index (χ4n) is 1.25. The van der Waals surface area contributed by atoms with E-state index < -0.39 is 0 Å². The summed E-state index contributed by atoms with van der Waals surface area (Å²) in [6.45, 7) is 2.11. The van der Waals surface area contributed by atoms with Gasteiger partial charge < -0.3 is 5.43 Å². The molecule has 0 saturated heterocycles. The van der Waals surface area contributed by atoms with Crippen LogP contribution in [0.4, 0.5) is 5.69 Å². The number of aryl methyl sites for hydroxylation is 1. The highest BCUT2D eigenvalue weighted by atomic mass is 32.1. The molecule has 1 aromatic heterocycles. The number of thiophene rings is 1. The smallest absolute Gasteiger partial charge is 0.0492 e. The predicted octanol–water partition coefficient (Wildman–Crippen LogP) is 2.50. The van der Waals surface area contributed by atoms with Gasteiger partial charge in [0.05, 0.1) is 0 Å². The quantitative estimate of drug-likeness (QED) is 0.520. The van der Waals surface area contributed by atoms with Gasteiger partial charge in [-0.15, -0.1) is 11.3 Å². The van der Waals surface area contributed by atoms with Crippen LogP contribution in [0.2, 0.25) is 0 Å². The number of hydrogen-bond acceptors (Lipinski definition) is 3. The number of nitrogens with two attached hydrogens (primary N) is 1. The molecule has 0 atom stereocenters. The van der Waals surface area contributed by atoms with Crippen LogP contribution in [-0.4, -0.2) is 0 Å². The SMILES string of the molecule is Cc1csc2ccc(NN)cc12. The maximum atomic E-state index is 5.31. The third kappa shape index (κ3) is 1.07. The van der Waals surface area contributed by atoms with Crippen LogP contribution < -0.4 is 11.3 Å². The standard InChI is InChI=1S/C9H10N2S/c1-6-5-12-9-3-2-7(11-10)4-8(6)9/h2-5,11H,10H2,1H3. The lowest BCUT2D eigenvalue weighted by Crippen LogP contribution is -2.05. The number of hydrazine groups is 1. The molecule has 1 aromatic carbocycles. The number of nitrogens with one attached hydrogen (secondary N) is 1. The Morgan fingerprint density at radius 3 is 3.00 bits per heavy atom. The second-order valence-corrected chi connectivity index (χ2v) is 3.69. The molecule has 0 spiro atoms. The fraction of sp³-hybridized carbons (Fsp3) is 0.111. The minimum Gasteiger partial charge on any atom is -0.324 e. The first-order chi connectivity index (χ1) is 5.81. The topological polar surface area (TPSA) is 38.0 Å². The Morgan fingerprint density at radius 2 is 2.25 bits per heavy atom. The molecule has 0 radical (unpaired) electrons. The van der Waals surface area contributed by atoms with Crippen LogP contribution in [0.5, 0.6) is 0 Å². The Bertz CT molecular complexity index is 406. The predicted molar refractivity (Wildman–Crippen MR) is 54.4 cm³/mol. The van der Waals surface area contributed by atoms with Crippen molar-refractivity contribution in [2.45, 2.75) is 6.92 Å². The van der Waals surface area contributed by atoms with E-state index in [9.17, 15) is 0 Å². The zero-order chi connectivity index (χ0) is 8.55. The molecule has 0 bridgehead atoms. The third-order valence-corrected chi connectivity index (χ3v) is 3.02. The number of benzene rings is 1. The molecule has 62 valence electrons. The van der Waals surface area contributed by atoms with Crippen molar-refractivity contribution in [1.82, 2.24) is 0 Å². The lowest BCUT2D eigenvalue weighted by Gasteiger charge is -1.98. The van der Waals surface area contributed by atoms with E-state index in [0.717, 1.165) is 5.69 Å². The average molecular weight is 178 g/mol. The summed E-state index contributed by atoms with van der Waals surface area (Å²) in [5.74, 6) is 5.31. The number of anilines is 1. The van der Waals surface area contributed by atoms with Gasteiger partial charge in [0.25, 0.3) is 0 Å². The lowest BCUT2D eigenvalue weighted by molar-refractivity contribution is 1.36. The molecule has 0 aliphatic carbocycles. The first kappa shape index (κ1) is 7.58. The molecular weight excluding hydrogens is 168 g/mol. The lowest BCUT2D eigenvalue weighted by atomic mass is 10.2. The molecular formula is C9H10N2S. The number of fused-ring (bicyclic) bond motifs is 1. The minimum absolute atomic E-state index is 0.962. The van der Waals surface area contributed by atoms with Crippen molar-refractivity contribution in [1.29, 1.82) is 0 Å². The number of nitrogen functional groups attached to an aromatic ring is 1. The van der Waals surface area contributed by atoms with Crippen LogP contribution in [0.1, 0.15) is 5.56 Å². The van der Waals surface area contributed by atoms with Gasteiger partial charge >= 0.3 is 0 Å². The molecule has 0 amide bonds. The summed E-state index contributed by atoms with van der Waals surface area (Å²) in [6, 6.07) is 6.14. The Hall–Kier alpha value is -1.06. The normalized spacial score (nSPS) is 10.5. The summed E-state index contributed by atoms with van der Waals surface area (Å²) in [5, 5.41) is 3.45. The van der Waals surface area contributed by atoms with Gasteiger partial charge in [0.15, 0.2) is 0 Å². The molecule has 2 aromatic rings. The maximum absolute atomic E-state index is 5.31. The summed E-state index contributed by atoms with van der Waals surface area (Å²) < 4.78 is 1.31. The van der Waals surface area contributed by atoms with Crippen molar-refractivity contribution in [2.75, 3.05) is 5.43 Å². The first-order valence-electron chi connectivity index (χ1n) is 3.76. The highest BCUT2D eigenvalue weighted by Gasteiger charge is 1.99. The van der Waals surface area contributed by atoms with Crippen molar-refractivity contribution in [3.05, 3.63) is 29.1 Å². The molecule has 12 heavy (non-hydrogen) atoms. The van der Waals surface area contributed by atoms with E-state index in [1.54, 1.807) is 11.3 Å². The van der Waals surface area contributed by atoms with Gasteiger partial charge in [-0.25, -0.2) is 0 Å². The monoisotopic (exact) mass is 178 g/mol. The fourth-order valence-corrected chi connectivity index (χ4v) is 2.17. The summed E-state index contributed by atoms with van der Waals surface area (Å²) in [7, 11) is 0. The Balaban J connectivity index is 2.71. The van der Waals surface area contributed by atoms with Crippen molar-refractivity contribution in [3.63, 3.8) is 0 Å². The molecule has 2 nitrogen and oxygen atoms in total. The second-order valence-electron chi connectivity index (χ2n) is 2.77. The second kappa shape index (κ2) is 2.77. The van der Waals surface area contributed by atoms with Crippen LogP contribution in [0.15, 0.2) is 23.6 Å². The van der Waals surface area contributed by atoms with Gasteiger partial charge in [-0.3, -0.25) is 5.84 Å². The van der Waals surface area contributed by atoms with E-state index in [-0.39, 0.29) is 0 Å². The van der Waals surface area contributed by atoms with E-state index in [4.69, 9.17) is 5.84 Å².